The number of benzene rings is 1. The van der Waals surface area contributed by atoms with Crippen LogP contribution in [0.5, 0.6) is 0 Å². The summed E-state index contributed by atoms with van der Waals surface area (Å²) in [6, 6.07) is 9.14. The lowest BCUT2D eigenvalue weighted by molar-refractivity contribution is -0.146. The van der Waals surface area contributed by atoms with Gasteiger partial charge in [0.1, 0.15) is 24.9 Å². The van der Waals surface area contributed by atoms with Gasteiger partial charge in [-0.3, -0.25) is 0 Å². The number of aryl methyl sites for hydroxylation is 1. The third-order valence-electron chi connectivity index (χ3n) is 2.46. The normalized spacial score (nSPS) is 10.4. The number of hydrogen-bond acceptors (Lipinski definition) is 5. The summed E-state index contributed by atoms with van der Waals surface area (Å²) >= 11 is 0. The zero-order valence-electron chi connectivity index (χ0n) is 11.7. The molecule has 0 aliphatic carbocycles. The SMILES string of the molecule is C=CC(=O)OCCOC(=O)/C(C#N)=C/c1ccc(C)cc1. The fraction of sp³-hybridized carbons (Fsp3) is 0.188. The third-order valence-corrected chi connectivity index (χ3v) is 2.46. The Bertz CT molecular complexity index is 594. The van der Waals surface area contributed by atoms with Gasteiger partial charge >= 0.3 is 11.9 Å². The van der Waals surface area contributed by atoms with Crippen molar-refractivity contribution in [3.8, 4) is 6.07 Å². The van der Waals surface area contributed by atoms with E-state index in [0.717, 1.165) is 17.2 Å². The molecule has 0 amide bonds. The predicted octanol–water partition coefficient (Wildman–Crippen LogP) is 2.17. The highest BCUT2D eigenvalue weighted by atomic mass is 16.6. The molecular weight excluding hydrogens is 270 g/mol. The summed E-state index contributed by atoms with van der Waals surface area (Å²) < 4.78 is 9.49. The molecule has 1 aromatic rings. The summed E-state index contributed by atoms with van der Waals surface area (Å²) in [5, 5.41) is 8.98. The first-order chi connectivity index (χ1) is 10.1. The Morgan fingerprint density at radius 2 is 1.86 bits per heavy atom. The van der Waals surface area contributed by atoms with Crippen molar-refractivity contribution in [3.63, 3.8) is 0 Å². The molecular formula is C16H15NO4. The summed E-state index contributed by atoms with van der Waals surface area (Å²) in [6.45, 7) is 4.97. The molecule has 0 unspecified atom stereocenters. The lowest BCUT2D eigenvalue weighted by atomic mass is 10.1. The number of rotatable bonds is 6. The van der Waals surface area contributed by atoms with Gasteiger partial charge in [-0.25, -0.2) is 9.59 Å². The Morgan fingerprint density at radius 1 is 1.24 bits per heavy atom. The van der Waals surface area contributed by atoms with Crippen molar-refractivity contribution in [2.75, 3.05) is 13.2 Å². The van der Waals surface area contributed by atoms with Crippen LogP contribution in [0.25, 0.3) is 6.08 Å². The highest BCUT2D eigenvalue weighted by Crippen LogP contribution is 2.09. The quantitative estimate of drug-likeness (QED) is 0.346. The Labute approximate surface area is 123 Å². The maximum Gasteiger partial charge on any atom is 0.349 e. The number of carbonyl (C=O) groups is 2. The fourth-order valence-corrected chi connectivity index (χ4v) is 1.38. The van der Waals surface area contributed by atoms with Crippen molar-refractivity contribution >= 4 is 18.0 Å². The van der Waals surface area contributed by atoms with E-state index in [0.29, 0.717) is 0 Å². The van der Waals surface area contributed by atoms with Crippen LogP contribution in [0.2, 0.25) is 0 Å². The standard InChI is InChI=1S/C16H15NO4/c1-3-15(18)20-8-9-21-16(19)14(11-17)10-13-6-4-12(2)5-7-13/h3-7,10H,1,8-9H2,2H3/b14-10+. The van der Waals surface area contributed by atoms with Gasteiger partial charge in [-0.15, -0.1) is 0 Å². The molecule has 0 radical (unpaired) electrons. The van der Waals surface area contributed by atoms with E-state index in [1.165, 1.54) is 6.08 Å². The van der Waals surface area contributed by atoms with Crippen LogP contribution in [-0.2, 0) is 19.1 Å². The van der Waals surface area contributed by atoms with E-state index in [1.807, 2.05) is 19.1 Å². The summed E-state index contributed by atoms with van der Waals surface area (Å²) in [5.41, 5.74) is 1.69. The Hall–Kier alpha value is -2.87. The number of carbonyl (C=O) groups excluding carboxylic acids is 2. The van der Waals surface area contributed by atoms with Gasteiger partial charge in [0, 0.05) is 6.08 Å². The van der Waals surface area contributed by atoms with Gasteiger partial charge in [-0.1, -0.05) is 36.4 Å². The Balaban J connectivity index is 2.57. The molecule has 0 N–H and O–H groups in total. The van der Waals surface area contributed by atoms with Gasteiger partial charge in [0.25, 0.3) is 0 Å². The molecule has 0 fully saturated rings. The number of ether oxygens (including phenoxy) is 2. The first kappa shape index (κ1) is 16.2. The zero-order chi connectivity index (χ0) is 15.7. The van der Waals surface area contributed by atoms with Gasteiger partial charge in [-0.2, -0.15) is 5.26 Å². The fourth-order valence-electron chi connectivity index (χ4n) is 1.38. The molecule has 1 aromatic carbocycles. The van der Waals surface area contributed by atoms with Gasteiger partial charge in [-0.05, 0) is 18.6 Å². The molecule has 0 aliphatic rings. The number of hydrogen-bond donors (Lipinski definition) is 0. The largest absolute Gasteiger partial charge is 0.459 e. The minimum atomic E-state index is -0.757. The van der Waals surface area contributed by atoms with E-state index in [4.69, 9.17) is 10.00 Å². The molecule has 0 heterocycles. The van der Waals surface area contributed by atoms with Gasteiger partial charge < -0.3 is 9.47 Å². The van der Waals surface area contributed by atoms with Crippen LogP contribution in [0.3, 0.4) is 0 Å². The van der Waals surface area contributed by atoms with Crippen molar-refractivity contribution in [1.82, 2.24) is 0 Å². The van der Waals surface area contributed by atoms with Crippen LogP contribution in [0.15, 0.2) is 42.5 Å². The maximum absolute atomic E-state index is 11.7. The maximum atomic E-state index is 11.7. The topological polar surface area (TPSA) is 76.4 Å². The van der Waals surface area contributed by atoms with E-state index in [2.05, 4.69) is 11.3 Å². The molecule has 108 valence electrons. The molecule has 1 rings (SSSR count). The molecule has 5 nitrogen and oxygen atoms in total. The first-order valence-corrected chi connectivity index (χ1v) is 6.21. The number of nitriles is 1. The smallest absolute Gasteiger partial charge is 0.349 e. The van der Waals surface area contributed by atoms with E-state index >= 15 is 0 Å². The van der Waals surface area contributed by atoms with Crippen LogP contribution in [0, 0.1) is 18.3 Å². The van der Waals surface area contributed by atoms with Gasteiger partial charge in [0.05, 0.1) is 0 Å². The van der Waals surface area contributed by atoms with Gasteiger partial charge in [0.15, 0.2) is 0 Å². The van der Waals surface area contributed by atoms with Crippen LogP contribution >= 0.6 is 0 Å². The molecule has 21 heavy (non-hydrogen) atoms. The number of nitrogens with zero attached hydrogens (tertiary/aromatic N) is 1. The van der Waals surface area contributed by atoms with Crippen LogP contribution in [0.1, 0.15) is 11.1 Å². The predicted molar refractivity (Wildman–Crippen MR) is 76.9 cm³/mol. The highest BCUT2D eigenvalue weighted by molar-refractivity contribution is 5.97. The molecule has 0 aromatic heterocycles. The number of esters is 2. The molecule has 0 atom stereocenters. The molecule has 0 saturated carbocycles. The summed E-state index contributed by atoms with van der Waals surface area (Å²) in [4.78, 5) is 22.5. The second kappa shape index (κ2) is 8.33. The second-order valence-electron chi connectivity index (χ2n) is 4.09. The Kier molecular flexibility index (Phi) is 6.42. The van der Waals surface area contributed by atoms with Crippen molar-refractivity contribution in [3.05, 3.63) is 53.6 Å². The van der Waals surface area contributed by atoms with Crippen LogP contribution in [0.4, 0.5) is 0 Å². The van der Waals surface area contributed by atoms with E-state index < -0.39 is 11.9 Å². The molecule has 5 heteroatoms. The Morgan fingerprint density at radius 3 is 2.43 bits per heavy atom. The summed E-state index contributed by atoms with van der Waals surface area (Å²) in [5.74, 6) is -1.35. The molecule has 0 saturated heterocycles. The van der Waals surface area contributed by atoms with Crippen molar-refractivity contribution in [1.29, 1.82) is 5.26 Å². The molecule has 0 bridgehead atoms. The van der Waals surface area contributed by atoms with Crippen molar-refractivity contribution < 1.29 is 19.1 Å². The second-order valence-corrected chi connectivity index (χ2v) is 4.09. The van der Waals surface area contributed by atoms with Gasteiger partial charge in [0.2, 0.25) is 0 Å². The first-order valence-electron chi connectivity index (χ1n) is 6.21. The average molecular weight is 285 g/mol. The lowest BCUT2D eigenvalue weighted by Gasteiger charge is -2.04. The lowest BCUT2D eigenvalue weighted by Crippen LogP contribution is -2.13. The van der Waals surface area contributed by atoms with E-state index in [1.54, 1.807) is 18.2 Å². The minimum absolute atomic E-state index is 0.0835. The molecule has 0 aliphatic heterocycles. The van der Waals surface area contributed by atoms with E-state index in [9.17, 15) is 9.59 Å². The zero-order valence-corrected chi connectivity index (χ0v) is 11.7. The summed E-state index contributed by atoms with van der Waals surface area (Å²) in [7, 11) is 0. The average Bonchev–Trinajstić information content (AvgIpc) is 2.50. The van der Waals surface area contributed by atoms with Crippen molar-refractivity contribution in [2.45, 2.75) is 6.92 Å². The van der Waals surface area contributed by atoms with Crippen molar-refractivity contribution in [2.24, 2.45) is 0 Å². The van der Waals surface area contributed by atoms with E-state index in [-0.39, 0.29) is 18.8 Å². The minimum Gasteiger partial charge on any atom is -0.459 e. The summed E-state index contributed by atoms with van der Waals surface area (Å²) in [6.07, 6.45) is 2.46. The van der Waals surface area contributed by atoms with Crippen LogP contribution in [-0.4, -0.2) is 25.2 Å². The van der Waals surface area contributed by atoms with Crippen LogP contribution < -0.4 is 0 Å². The highest BCUT2D eigenvalue weighted by Gasteiger charge is 2.10. The third kappa shape index (κ3) is 5.74. The monoisotopic (exact) mass is 285 g/mol. The molecule has 0 spiro atoms.